The fourth-order valence-electron chi connectivity index (χ4n) is 6.68. The molecule has 0 aliphatic carbocycles. The lowest BCUT2D eigenvalue weighted by Crippen LogP contribution is -2.39. The third kappa shape index (κ3) is 8.33. The fourth-order valence-corrected chi connectivity index (χ4v) is 6.68. The monoisotopic (exact) mass is 688 g/mol. The Kier molecular flexibility index (Phi) is 11.2. The van der Waals surface area contributed by atoms with Crippen molar-refractivity contribution in [2.24, 2.45) is 4.99 Å². The van der Waals surface area contributed by atoms with Gasteiger partial charge in [0.05, 0.1) is 31.1 Å². The molecular weight excluding hydrogens is 648 g/mol. The molecule has 11 heteroatoms. The Labute approximate surface area is 296 Å². The summed E-state index contributed by atoms with van der Waals surface area (Å²) in [5, 5.41) is 13.9. The largest absolute Gasteiger partial charge is 0.497 e. The second-order valence-electron chi connectivity index (χ2n) is 12.5. The standard InChI is InChI=1S/C40H40N4O7/c1-50-30-20-18-28(19-21-30)32(25-35(45)44-23-24-51-40(44)49)37(39(47)48)42-36(29-13-6-3-7-14-29)31-15-8-9-16-33(31)41-38(46)34-17-10-22-43(34)26-27-11-4-2-5-12-27/h2-9,11-16,18-21,32,34,37H,10,17,22-26H2,1H3,(H,41,46)(H,47,48)/t32-,34-,37+/m0/s1. The lowest BCUT2D eigenvalue weighted by atomic mass is 9.87. The highest BCUT2D eigenvalue weighted by atomic mass is 16.6. The van der Waals surface area contributed by atoms with Crippen LogP contribution in [0.25, 0.3) is 0 Å². The Morgan fingerprint density at radius 3 is 2.27 bits per heavy atom. The number of ether oxygens (including phenoxy) is 2. The highest BCUT2D eigenvalue weighted by Gasteiger charge is 2.37. The molecule has 2 saturated heterocycles. The number of carbonyl (C=O) groups is 4. The smallest absolute Gasteiger partial charge is 0.416 e. The molecule has 51 heavy (non-hydrogen) atoms. The van der Waals surface area contributed by atoms with E-state index >= 15 is 0 Å². The molecule has 4 aromatic carbocycles. The molecule has 2 N–H and O–H groups in total. The number of cyclic esters (lactones) is 1. The molecule has 2 aliphatic rings. The summed E-state index contributed by atoms with van der Waals surface area (Å²) < 4.78 is 10.3. The molecule has 4 aromatic rings. The first-order valence-electron chi connectivity index (χ1n) is 17.0. The van der Waals surface area contributed by atoms with E-state index < -0.39 is 29.9 Å². The molecule has 2 heterocycles. The highest BCUT2D eigenvalue weighted by Crippen LogP contribution is 2.32. The van der Waals surface area contributed by atoms with Gasteiger partial charge in [0.25, 0.3) is 0 Å². The number of carboxylic acid groups (broad SMARTS) is 1. The van der Waals surface area contributed by atoms with Crippen LogP contribution in [0.1, 0.15) is 47.4 Å². The Bertz CT molecular complexity index is 1880. The van der Waals surface area contributed by atoms with Gasteiger partial charge in [0.15, 0.2) is 6.04 Å². The summed E-state index contributed by atoms with van der Waals surface area (Å²) in [6, 6.07) is 31.3. The predicted molar refractivity (Wildman–Crippen MR) is 192 cm³/mol. The molecule has 3 amide bonds. The van der Waals surface area contributed by atoms with Crippen LogP contribution in [0.5, 0.6) is 5.75 Å². The second-order valence-corrected chi connectivity index (χ2v) is 12.5. The van der Waals surface area contributed by atoms with E-state index in [-0.39, 0.29) is 31.5 Å². The van der Waals surface area contributed by atoms with E-state index in [0.29, 0.717) is 46.8 Å². The second kappa shape index (κ2) is 16.3. The van der Waals surface area contributed by atoms with Crippen molar-refractivity contribution in [2.45, 2.75) is 43.8 Å². The summed E-state index contributed by atoms with van der Waals surface area (Å²) in [6.45, 7) is 1.61. The maximum absolute atomic E-state index is 13.9. The van der Waals surface area contributed by atoms with Gasteiger partial charge < -0.3 is 19.9 Å². The lowest BCUT2D eigenvalue weighted by Gasteiger charge is -2.25. The minimum atomic E-state index is -1.46. The normalized spacial score (nSPS) is 17.4. The van der Waals surface area contributed by atoms with E-state index in [1.54, 1.807) is 48.5 Å². The molecule has 3 atom stereocenters. The van der Waals surface area contributed by atoms with Gasteiger partial charge >= 0.3 is 12.1 Å². The van der Waals surface area contributed by atoms with Gasteiger partial charge in [-0.25, -0.2) is 14.5 Å². The molecule has 2 fully saturated rings. The number of amides is 3. The molecule has 11 nitrogen and oxygen atoms in total. The van der Waals surface area contributed by atoms with Crippen molar-refractivity contribution in [2.75, 3.05) is 32.1 Å². The van der Waals surface area contributed by atoms with Crippen molar-refractivity contribution in [1.82, 2.24) is 9.80 Å². The highest BCUT2D eigenvalue weighted by molar-refractivity contribution is 6.18. The number of carbonyl (C=O) groups excluding carboxylic acids is 3. The Morgan fingerprint density at radius 1 is 0.922 bits per heavy atom. The van der Waals surface area contributed by atoms with Crippen LogP contribution in [0.2, 0.25) is 0 Å². The molecule has 0 saturated carbocycles. The van der Waals surface area contributed by atoms with Crippen LogP contribution in [-0.2, 0) is 25.7 Å². The van der Waals surface area contributed by atoms with Crippen LogP contribution in [0, 0.1) is 0 Å². The summed E-state index contributed by atoms with van der Waals surface area (Å²) in [6.07, 6.45) is 0.526. The first-order valence-corrected chi connectivity index (χ1v) is 17.0. The number of benzene rings is 4. The zero-order valence-electron chi connectivity index (χ0n) is 28.3. The van der Waals surface area contributed by atoms with Crippen LogP contribution >= 0.6 is 0 Å². The van der Waals surface area contributed by atoms with Crippen molar-refractivity contribution < 1.29 is 33.8 Å². The number of nitrogens with zero attached hydrogens (tertiary/aromatic N) is 3. The first-order chi connectivity index (χ1) is 24.8. The minimum Gasteiger partial charge on any atom is -0.497 e. The molecule has 262 valence electrons. The Hall–Kier alpha value is -5.81. The van der Waals surface area contributed by atoms with Gasteiger partial charge in [-0.05, 0) is 48.7 Å². The van der Waals surface area contributed by atoms with Crippen molar-refractivity contribution in [3.05, 3.63) is 131 Å². The van der Waals surface area contributed by atoms with Gasteiger partial charge in [-0.15, -0.1) is 0 Å². The molecule has 6 rings (SSSR count). The van der Waals surface area contributed by atoms with E-state index in [9.17, 15) is 24.3 Å². The number of rotatable bonds is 13. The van der Waals surface area contributed by atoms with Gasteiger partial charge in [-0.3, -0.25) is 19.5 Å². The van der Waals surface area contributed by atoms with E-state index in [1.807, 2.05) is 60.7 Å². The fraction of sp³-hybridized carbons (Fsp3) is 0.275. The predicted octanol–water partition coefficient (Wildman–Crippen LogP) is 5.74. The summed E-state index contributed by atoms with van der Waals surface area (Å²) in [5.41, 5.74) is 3.62. The molecule has 0 aromatic heterocycles. The van der Waals surface area contributed by atoms with Gasteiger partial charge in [-0.2, -0.15) is 0 Å². The number of nitrogens with one attached hydrogen (secondary N) is 1. The number of hydrogen-bond donors (Lipinski definition) is 2. The van der Waals surface area contributed by atoms with Crippen molar-refractivity contribution in [3.8, 4) is 5.75 Å². The number of methoxy groups -OCH3 is 1. The van der Waals surface area contributed by atoms with E-state index in [1.165, 1.54) is 7.11 Å². The average Bonchev–Trinajstić information content (AvgIpc) is 3.81. The summed E-state index contributed by atoms with van der Waals surface area (Å²) in [4.78, 5) is 60.9. The zero-order chi connectivity index (χ0) is 35.7. The Balaban J connectivity index is 1.38. The van der Waals surface area contributed by atoms with Crippen LogP contribution < -0.4 is 10.1 Å². The molecule has 0 bridgehead atoms. The quantitative estimate of drug-likeness (QED) is 0.170. The molecule has 0 spiro atoms. The number of imide groups is 1. The first kappa shape index (κ1) is 35.0. The van der Waals surface area contributed by atoms with Crippen molar-refractivity contribution in [1.29, 1.82) is 0 Å². The van der Waals surface area contributed by atoms with Crippen LogP contribution in [0.15, 0.2) is 114 Å². The van der Waals surface area contributed by atoms with Crippen molar-refractivity contribution >= 4 is 35.3 Å². The summed E-state index contributed by atoms with van der Waals surface area (Å²) >= 11 is 0. The number of aliphatic imine (C=N–C) groups is 1. The lowest BCUT2D eigenvalue weighted by molar-refractivity contribution is -0.139. The van der Waals surface area contributed by atoms with E-state index in [2.05, 4.69) is 10.2 Å². The number of para-hydroxylation sites is 1. The van der Waals surface area contributed by atoms with E-state index in [4.69, 9.17) is 14.5 Å². The van der Waals surface area contributed by atoms with Crippen LogP contribution in [0.4, 0.5) is 10.5 Å². The Morgan fingerprint density at radius 2 is 1.61 bits per heavy atom. The SMILES string of the molecule is COc1ccc([C@H](CC(=O)N2CCOC2=O)[C@@H](N=C(c2ccccc2)c2ccccc2NC(=O)[C@@H]2CCCN2Cc2ccccc2)C(=O)O)cc1. The number of carboxylic acids is 1. The average molecular weight is 689 g/mol. The molecular formula is C40H40N4O7. The summed E-state index contributed by atoms with van der Waals surface area (Å²) in [5.74, 6) is -2.39. The number of anilines is 1. The topological polar surface area (TPSA) is 138 Å². The number of hydrogen-bond acceptors (Lipinski definition) is 8. The van der Waals surface area contributed by atoms with Crippen LogP contribution in [0.3, 0.4) is 0 Å². The third-order valence-electron chi connectivity index (χ3n) is 9.28. The van der Waals surface area contributed by atoms with Crippen LogP contribution in [-0.4, -0.2) is 83.4 Å². The van der Waals surface area contributed by atoms with Gasteiger partial charge in [0.2, 0.25) is 11.8 Å². The summed E-state index contributed by atoms with van der Waals surface area (Å²) in [7, 11) is 1.52. The zero-order valence-corrected chi connectivity index (χ0v) is 28.3. The third-order valence-corrected chi connectivity index (χ3v) is 9.28. The maximum atomic E-state index is 13.9. The molecule has 2 aliphatic heterocycles. The van der Waals surface area contributed by atoms with Crippen molar-refractivity contribution in [3.63, 3.8) is 0 Å². The number of likely N-dealkylation sites (tertiary alicyclic amines) is 1. The van der Waals surface area contributed by atoms with Gasteiger partial charge in [0.1, 0.15) is 12.4 Å². The molecule has 0 unspecified atom stereocenters. The molecule has 0 radical (unpaired) electrons. The minimum absolute atomic E-state index is 0.0732. The van der Waals surface area contributed by atoms with E-state index in [0.717, 1.165) is 23.4 Å². The van der Waals surface area contributed by atoms with Gasteiger partial charge in [0, 0.05) is 30.0 Å². The maximum Gasteiger partial charge on any atom is 0.416 e. The number of aliphatic carboxylic acids is 1. The van der Waals surface area contributed by atoms with Gasteiger partial charge in [-0.1, -0.05) is 91.0 Å².